The highest BCUT2D eigenvalue weighted by molar-refractivity contribution is 5.97. The first-order valence-corrected chi connectivity index (χ1v) is 10.9. The van der Waals surface area contributed by atoms with Gasteiger partial charge in [-0.15, -0.1) is 0 Å². The first-order valence-electron chi connectivity index (χ1n) is 10.9. The summed E-state index contributed by atoms with van der Waals surface area (Å²) in [4.78, 5) is 15.1. The van der Waals surface area contributed by atoms with Crippen LogP contribution in [0.3, 0.4) is 0 Å². The van der Waals surface area contributed by atoms with Crippen LogP contribution in [0.4, 0.5) is 0 Å². The summed E-state index contributed by atoms with van der Waals surface area (Å²) in [5.74, 6) is -0.154. The van der Waals surface area contributed by atoms with Crippen molar-refractivity contribution in [2.75, 3.05) is 26.2 Å². The van der Waals surface area contributed by atoms with Gasteiger partial charge in [-0.05, 0) is 62.9 Å². The van der Waals surface area contributed by atoms with Crippen molar-refractivity contribution in [3.05, 3.63) is 83.4 Å². The molecule has 0 bridgehead atoms. The highest BCUT2D eigenvalue weighted by Gasteiger charge is 2.11. The van der Waals surface area contributed by atoms with Crippen LogP contribution >= 0.6 is 0 Å². The zero-order valence-corrected chi connectivity index (χ0v) is 17.8. The number of benzene rings is 3. The van der Waals surface area contributed by atoms with Crippen LogP contribution in [0.1, 0.15) is 21.5 Å². The van der Waals surface area contributed by atoms with E-state index in [1.54, 1.807) is 18.2 Å². The Balaban J connectivity index is 1.26. The van der Waals surface area contributed by atoms with E-state index in [9.17, 15) is 4.79 Å². The van der Waals surface area contributed by atoms with Gasteiger partial charge >= 0.3 is 0 Å². The molecule has 7 heteroatoms. The second-order valence-corrected chi connectivity index (χ2v) is 8.08. The molecule has 0 radical (unpaired) electrons. The number of carbonyl (C=O) groups is 1. The SMILES string of the molecule is O=C(NCc1cccc(-c2cccc(CN3CCNCC3)c2)c1)c1ccc2nonc2c1. The molecule has 162 valence electrons. The molecule has 1 aliphatic heterocycles. The lowest BCUT2D eigenvalue weighted by Crippen LogP contribution is -2.42. The molecule has 3 aromatic carbocycles. The number of amides is 1. The van der Waals surface area contributed by atoms with Crippen LogP contribution < -0.4 is 10.6 Å². The average molecular weight is 428 g/mol. The molecule has 0 aliphatic carbocycles. The zero-order valence-electron chi connectivity index (χ0n) is 17.8. The maximum atomic E-state index is 12.6. The Morgan fingerprint density at radius 1 is 0.906 bits per heavy atom. The van der Waals surface area contributed by atoms with E-state index in [4.69, 9.17) is 4.63 Å². The molecule has 1 saturated heterocycles. The molecule has 7 nitrogen and oxygen atoms in total. The van der Waals surface area contributed by atoms with E-state index < -0.39 is 0 Å². The Kier molecular flexibility index (Phi) is 5.91. The van der Waals surface area contributed by atoms with Gasteiger partial charge in [0.1, 0.15) is 11.0 Å². The molecular weight excluding hydrogens is 402 g/mol. The quantitative estimate of drug-likeness (QED) is 0.492. The fraction of sp³-hybridized carbons (Fsp3) is 0.240. The van der Waals surface area contributed by atoms with Gasteiger partial charge in [0, 0.05) is 44.8 Å². The number of hydrogen-bond acceptors (Lipinski definition) is 6. The van der Waals surface area contributed by atoms with Crippen LogP contribution in [-0.4, -0.2) is 47.3 Å². The van der Waals surface area contributed by atoms with Crippen molar-refractivity contribution in [3.63, 3.8) is 0 Å². The van der Waals surface area contributed by atoms with Gasteiger partial charge in [-0.3, -0.25) is 9.69 Å². The standard InChI is InChI=1S/C25H25N5O2/c31-25(22-7-8-23-24(15-22)29-32-28-23)27-16-18-3-1-5-20(13-18)21-6-2-4-19(14-21)17-30-11-9-26-10-12-30/h1-8,13-15,26H,9-12,16-17H2,(H,27,31). The summed E-state index contributed by atoms with van der Waals surface area (Å²) in [5.41, 5.74) is 6.44. The Morgan fingerprint density at radius 3 is 2.44 bits per heavy atom. The number of nitrogens with zero attached hydrogens (tertiary/aromatic N) is 3. The molecule has 1 aliphatic rings. The van der Waals surface area contributed by atoms with E-state index in [2.05, 4.69) is 62.2 Å². The maximum Gasteiger partial charge on any atom is 0.251 e. The topological polar surface area (TPSA) is 83.3 Å². The molecule has 0 saturated carbocycles. The second kappa shape index (κ2) is 9.30. The summed E-state index contributed by atoms with van der Waals surface area (Å²) < 4.78 is 4.70. The van der Waals surface area contributed by atoms with Crippen molar-refractivity contribution >= 4 is 16.9 Å². The molecule has 32 heavy (non-hydrogen) atoms. The lowest BCUT2D eigenvalue weighted by atomic mass is 10.0. The predicted molar refractivity (Wildman–Crippen MR) is 123 cm³/mol. The fourth-order valence-electron chi connectivity index (χ4n) is 4.05. The van der Waals surface area contributed by atoms with Gasteiger partial charge < -0.3 is 10.6 Å². The summed E-state index contributed by atoms with van der Waals surface area (Å²) >= 11 is 0. The third kappa shape index (κ3) is 4.69. The molecule has 5 rings (SSSR count). The van der Waals surface area contributed by atoms with Crippen molar-refractivity contribution in [2.24, 2.45) is 0 Å². The van der Waals surface area contributed by atoms with Crippen LogP contribution in [0.2, 0.25) is 0 Å². The minimum Gasteiger partial charge on any atom is -0.348 e. The lowest BCUT2D eigenvalue weighted by Gasteiger charge is -2.27. The number of fused-ring (bicyclic) bond motifs is 1. The van der Waals surface area contributed by atoms with Crippen LogP contribution in [0, 0.1) is 0 Å². The monoisotopic (exact) mass is 427 g/mol. The van der Waals surface area contributed by atoms with Gasteiger partial charge in [0.25, 0.3) is 5.91 Å². The zero-order chi connectivity index (χ0) is 21.8. The minimum absolute atomic E-state index is 0.154. The Labute approximate surface area is 186 Å². The summed E-state index contributed by atoms with van der Waals surface area (Å²) in [6, 6.07) is 22.2. The maximum absolute atomic E-state index is 12.6. The van der Waals surface area contributed by atoms with Crippen LogP contribution in [0.5, 0.6) is 0 Å². The van der Waals surface area contributed by atoms with E-state index in [-0.39, 0.29) is 5.91 Å². The van der Waals surface area contributed by atoms with Gasteiger partial charge in [-0.25, -0.2) is 4.63 Å². The van der Waals surface area contributed by atoms with Crippen molar-refractivity contribution in [1.29, 1.82) is 0 Å². The van der Waals surface area contributed by atoms with Gasteiger partial charge in [-0.1, -0.05) is 36.4 Å². The predicted octanol–water partition coefficient (Wildman–Crippen LogP) is 3.23. The number of piperazine rings is 1. The van der Waals surface area contributed by atoms with Crippen LogP contribution in [0.25, 0.3) is 22.2 Å². The molecular formula is C25H25N5O2. The average Bonchev–Trinajstić information content (AvgIpc) is 3.32. The first-order chi connectivity index (χ1) is 15.7. The van der Waals surface area contributed by atoms with Gasteiger partial charge in [0.05, 0.1) is 0 Å². The molecule has 2 heterocycles. The minimum atomic E-state index is -0.154. The third-order valence-electron chi connectivity index (χ3n) is 5.77. The van der Waals surface area contributed by atoms with E-state index in [1.807, 2.05) is 12.1 Å². The molecule has 1 fully saturated rings. The Hall–Kier alpha value is -3.55. The smallest absolute Gasteiger partial charge is 0.251 e. The van der Waals surface area contributed by atoms with Gasteiger partial charge in [0.2, 0.25) is 0 Å². The van der Waals surface area contributed by atoms with E-state index in [0.29, 0.717) is 23.1 Å². The normalized spacial score (nSPS) is 14.5. The molecule has 1 amide bonds. The number of hydrogen-bond donors (Lipinski definition) is 2. The second-order valence-electron chi connectivity index (χ2n) is 8.08. The Morgan fingerprint density at radius 2 is 1.62 bits per heavy atom. The van der Waals surface area contributed by atoms with Crippen molar-refractivity contribution in [1.82, 2.24) is 25.8 Å². The van der Waals surface area contributed by atoms with Crippen molar-refractivity contribution in [2.45, 2.75) is 13.1 Å². The molecule has 0 unspecified atom stereocenters. The van der Waals surface area contributed by atoms with E-state index >= 15 is 0 Å². The lowest BCUT2D eigenvalue weighted by molar-refractivity contribution is 0.0951. The number of rotatable bonds is 6. The molecule has 2 N–H and O–H groups in total. The van der Waals surface area contributed by atoms with Crippen LogP contribution in [-0.2, 0) is 13.1 Å². The Bertz CT molecular complexity index is 1230. The summed E-state index contributed by atoms with van der Waals surface area (Å²) in [5, 5.41) is 13.9. The molecule has 1 aromatic heterocycles. The van der Waals surface area contributed by atoms with Crippen LogP contribution in [0.15, 0.2) is 71.4 Å². The van der Waals surface area contributed by atoms with Gasteiger partial charge in [0.15, 0.2) is 0 Å². The summed E-state index contributed by atoms with van der Waals surface area (Å²) in [6.45, 7) is 5.69. The summed E-state index contributed by atoms with van der Waals surface area (Å²) in [7, 11) is 0. The largest absolute Gasteiger partial charge is 0.348 e. The van der Waals surface area contributed by atoms with E-state index in [1.165, 1.54) is 11.1 Å². The van der Waals surface area contributed by atoms with Gasteiger partial charge in [-0.2, -0.15) is 0 Å². The van der Waals surface area contributed by atoms with E-state index in [0.717, 1.165) is 43.9 Å². The number of nitrogens with one attached hydrogen (secondary N) is 2. The first kappa shape index (κ1) is 20.4. The summed E-state index contributed by atoms with van der Waals surface area (Å²) in [6.07, 6.45) is 0. The molecule has 0 atom stereocenters. The number of aromatic nitrogens is 2. The highest BCUT2D eigenvalue weighted by atomic mass is 16.6. The number of carbonyl (C=O) groups excluding carboxylic acids is 1. The molecule has 0 spiro atoms. The third-order valence-corrected chi connectivity index (χ3v) is 5.77. The van der Waals surface area contributed by atoms with Crippen molar-refractivity contribution < 1.29 is 9.42 Å². The highest BCUT2D eigenvalue weighted by Crippen LogP contribution is 2.22. The van der Waals surface area contributed by atoms with Crippen molar-refractivity contribution in [3.8, 4) is 11.1 Å². The fourth-order valence-corrected chi connectivity index (χ4v) is 4.05. The molecule has 4 aromatic rings.